The molecule has 1 saturated heterocycles. The lowest BCUT2D eigenvalue weighted by atomic mass is 10.1. The number of rotatable bonds is 1. The topological polar surface area (TPSA) is 81.5 Å². The van der Waals surface area contributed by atoms with Crippen LogP contribution in [-0.2, 0) is 27.5 Å². The zero-order valence-corrected chi connectivity index (χ0v) is 15.3. The van der Waals surface area contributed by atoms with Gasteiger partial charge in [-0.15, -0.1) is 0 Å². The quantitative estimate of drug-likeness (QED) is 0.769. The predicted molar refractivity (Wildman–Crippen MR) is 89.5 cm³/mol. The van der Waals surface area contributed by atoms with Gasteiger partial charge in [-0.3, -0.25) is 4.68 Å². The van der Waals surface area contributed by atoms with Gasteiger partial charge in [-0.05, 0) is 45.6 Å². The number of carbonyl (C=O) groups excluding carboxylic acids is 1. The number of sulfone groups is 1. The molecule has 3 rings (SSSR count). The molecule has 3 heterocycles. The summed E-state index contributed by atoms with van der Waals surface area (Å²) in [6.07, 6.45) is 3.67. The van der Waals surface area contributed by atoms with Crippen molar-refractivity contribution in [2.45, 2.75) is 58.2 Å². The fourth-order valence-electron chi connectivity index (χ4n) is 3.14. The van der Waals surface area contributed by atoms with Crippen LogP contribution in [0.2, 0.25) is 0 Å². The maximum absolute atomic E-state index is 12.2. The van der Waals surface area contributed by atoms with E-state index in [1.807, 2.05) is 31.6 Å². The molecule has 2 aliphatic heterocycles. The standard InChI is InChI=1S/C16H25N3O4S/c1-16(2,3)23-15(20)18-7-4-12-10-19(17-14(12)11-18)13-5-8-24(21,22)9-6-13/h10,13H,4-9,11H2,1-3H3. The summed E-state index contributed by atoms with van der Waals surface area (Å²) < 4.78 is 30.5. The minimum absolute atomic E-state index is 0.133. The van der Waals surface area contributed by atoms with Gasteiger partial charge < -0.3 is 9.64 Å². The number of carbonyl (C=O) groups is 1. The molecule has 2 aliphatic rings. The average Bonchev–Trinajstić information content (AvgIpc) is 2.88. The van der Waals surface area contributed by atoms with Crippen LogP contribution in [-0.4, -0.2) is 52.8 Å². The monoisotopic (exact) mass is 355 g/mol. The molecular formula is C16H25N3O4S. The van der Waals surface area contributed by atoms with Crippen LogP contribution in [0.15, 0.2) is 6.20 Å². The Hall–Kier alpha value is -1.57. The maximum atomic E-state index is 12.2. The van der Waals surface area contributed by atoms with Crippen molar-refractivity contribution in [1.82, 2.24) is 14.7 Å². The Morgan fingerprint density at radius 1 is 1.29 bits per heavy atom. The Kier molecular flexibility index (Phi) is 4.36. The number of nitrogens with zero attached hydrogens (tertiary/aromatic N) is 3. The third-order valence-corrected chi connectivity index (χ3v) is 6.15. The second kappa shape index (κ2) is 6.06. The summed E-state index contributed by atoms with van der Waals surface area (Å²) in [5.74, 6) is 0.457. The predicted octanol–water partition coefficient (Wildman–Crippen LogP) is 1.93. The molecule has 1 aromatic rings. The van der Waals surface area contributed by atoms with E-state index in [0.29, 0.717) is 25.9 Å². The van der Waals surface area contributed by atoms with Crippen LogP contribution >= 0.6 is 0 Å². The van der Waals surface area contributed by atoms with Gasteiger partial charge >= 0.3 is 6.09 Å². The number of amides is 1. The van der Waals surface area contributed by atoms with E-state index < -0.39 is 15.4 Å². The Morgan fingerprint density at radius 3 is 2.58 bits per heavy atom. The zero-order chi connectivity index (χ0) is 17.5. The molecule has 1 aromatic heterocycles. The summed E-state index contributed by atoms with van der Waals surface area (Å²) in [6, 6.07) is 0.133. The normalized spacial score (nSPS) is 21.4. The number of hydrogen-bond donors (Lipinski definition) is 0. The number of aromatic nitrogens is 2. The summed E-state index contributed by atoms with van der Waals surface area (Å²) in [5.41, 5.74) is 1.52. The Balaban J connectivity index is 1.68. The molecule has 0 aromatic carbocycles. The fourth-order valence-corrected chi connectivity index (χ4v) is 4.60. The van der Waals surface area contributed by atoms with E-state index in [4.69, 9.17) is 4.74 Å². The van der Waals surface area contributed by atoms with E-state index in [2.05, 4.69) is 5.10 Å². The summed E-state index contributed by atoms with van der Waals surface area (Å²) in [5, 5.41) is 4.62. The highest BCUT2D eigenvalue weighted by molar-refractivity contribution is 7.91. The first-order chi connectivity index (χ1) is 11.1. The van der Waals surface area contributed by atoms with Crippen LogP contribution in [0.5, 0.6) is 0 Å². The van der Waals surface area contributed by atoms with Crippen molar-refractivity contribution in [1.29, 1.82) is 0 Å². The van der Waals surface area contributed by atoms with E-state index in [9.17, 15) is 13.2 Å². The van der Waals surface area contributed by atoms with Crippen molar-refractivity contribution in [2.24, 2.45) is 0 Å². The van der Waals surface area contributed by atoms with E-state index >= 15 is 0 Å². The minimum atomic E-state index is -2.87. The third kappa shape index (κ3) is 3.91. The summed E-state index contributed by atoms with van der Waals surface area (Å²) in [6.45, 7) is 6.62. The molecule has 0 aliphatic carbocycles. The highest BCUT2D eigenvalue weighted by atomic mass is 32.2. The molecule has 24 heavy (non-hydrogen) atoms. The molecule has 0 bridgehead atoms. The van der Waals surface area contributed by atoms with Crippen molar-refractivity contribution in [3.63, 3.8) is 0 Å². The maximum Gasteiger partial charge on any atom is 0.410 e. The second-order valence-corrected chi connectivity index (χ2v) is 9.92. The third-order valence-electron chi connectivity index (χ3n) is 4.44. The van der Waals surface area contributed by atoms with E-state index in [-0.39, 0.29) is 23.6 Å². The van der Waals surface area contributed by atoms with Crippen molar-refractivity contribution in [3.8, 4) is 0 Å². The van der Waals surface area contributed by atoms with Crippen LogP contribution in [0.3, 0.4) is 0 Å². The number of fused-ring (bicyclic) bond motifs is 1. The summed E-state index contributed by atoms with van der Waals surface area (Å²) in [4.78, 5) is 13.9. The summed E-state index contributed by atoms with van der Waals surface area (Å²) >= 11 is 0. The van der Waals surface area contributed by atoms with Crippen LogP contribution in [0, 0.1) is 0 Å². The lowest BCUT2D eigenvalue weighted by Gasteiger charge is -2.29. The molecule has 8 heteroatoms. The smallest absolute Gasteiger partial charge is 0.410 e. The lowest BCUT2D eigenvalue weighted by molar-refractivity contribution is 0.0221. The molecule has 0 unspecified atom stereocenters. The first-order valence-corrected chi connectivity index (χ1v) is 10.2. The Labute approximate surface area is 142 Å². The van der Waals surface area contributed by atoms with E-state index in [1.165, 1.54) is 0 Å². The van der Waals surface area contributed by atoms with Gasteiger partial charge in [0.2, 0.25) is 0 Å². The molecule has 0 spiro atoms. The van der Waals surface area contributed by atoms with Gasteiger partial charge in [0.25, 0.3) is 0 Å². The van der Waals surface area contributed by atoms with Gasteiger partial charge in [0.15, 0.2) is 0 Å². The van der Waals surface area contributed by atoms with Gasteiger partial charge in [0.05, 0.1) is 29.8 Å². The van der Waals surface area contributed by atoms with Crippen LogP contribution < -0.4 is 0 Å². The first-order valence-electron chi connectivity index (χ1n) is 8.38. The van der Waals surface area contributed by atoms with Crippen LogP contribution in [0.1, 0.15) is 50.9 Å². The second-order valence-electron chi connectivity index (χ2n) is 7.62. The van der Waals surface area contributed by atoms with Crippen molar-refractivity contribution in [2.75, 3.05) is 18.1 Å². The van der Waals surface area contributed by atoms with Gasteiger partial charge in [0, 0.05) is 12.7 Å². The highest BCUT2D eigenvalue weighted by Crippen LogP contribution is 2.27. The molecule has 1 fully saturated rings. The van der Waals surface area contributed by atoms with E-state index in [0.717, 1.165) is 17.7 Å². The van der Waals surface area contributed by atoms with Gasteiger partial charge in [-0.2, -0.15) is 5.10 Å². The summed E-state index contributed by atoms with van der Waals surface area (Å²) in [7, 11) is -2.87. The van der Waals surface area contributed by atoms with Crippen LogP contribution in [0.4, 0.5) is 4.79 Å². The van der Waals surface area contributed by atoms with Crippen LogP contribution in [0.25, 0.3) is 0 Å². The average molecular weight is 355 g/mol. The molecule has 134 valence electrons. The minimum Gasteiger partial charge on any atom is -0.444 e. The molecule has 7 nitrogen and oxygen atoms in total. The van der Waals surface area contributed by atoms with Gasteiger partial charge in [-0.25, -0.2) is 13.2 Å². The largest absolute Gasteiger partial charge is 0.444 e. The molecule has 1 amide bonds. The van der Waals surface area contributed by atoms with Crippen molar-refractivity contribution in [3.05, 3.63) is 17.5 Å². The molecule has 0 saturated carbocycles. The molecule has 0 atom stereocenters. The first kappa shape index (κ1) is 17.3. The van der Waals surface area contributed by atoms with E-state index in [1.54, 1.807) is 4.90 Å². The Bertz CT molecular complexity index is 719. The fraction of sp³-hybridized carbons (Fsp3) is 0.750. The lowest BCUT2D eigenvalue weighted by Crippen LogP contribution is -2.39. The molecule has 0 radical (unpaired) electrons. The molecule has 0 N–H and O–H groups in total. The van der Waals surface area contributed by atoms with Gasteiger partial charge in [-0.1, -0.05) is 0 Å². The van der Waals surface area contributed by atoms with Crippen molar-refractivity contribution < 1.29 is 17.9 Å². The molecular weight excluding hydrogens is 330 g/mol. The van der Waals surface area contributed by atoms with Crippen molar-refractivity contribution >= 4 is 15.9 Å². The van der Waals surface area contributed by atoms with Gasteiger partial charge in [0.1, 0.15) is 15.4 Å². The SMILES string of the molecule is CC(C)(C)OC(=O)N1CCc2cn(C3CCS(=O)(=O)CC3)nc2C1. The number of ether oxygens (including phenoxy) is 1. The zero-order valence-electron chi connectivity index (χ0n) is 14.5. The Morgan fingerprint density at radius 2 is 1.96 bits per heavy atom. The number of hydrogen-bond acceptors (Lipinski definition) is 5. The highest BCUT2D eigenvalue weighted by Gasteiger charge is 2.30.